The van der Waals surface area contributed by atoms with E-state index in [1.165, 1.54) is 0 Å². The first-order valence-corrected chi connectivity index (χ1v) is 9.17. The molecular weight excluding hydrogens is 397 g/mol. The Morgan fingerprint density at radius 2 is 1.87 bits per heavy atom. The third kappa shape index (κ3) is 4.35. The van der Waals surface area contributed by atoms with Gasteiger partial charge in [-0.1, -0.05) is 42.5 Å². The molecule has 0 bridgehead atoms. The number of hydrazone groups is 1. The van der Waals surface area contributed by atoms with Gasteiger partial charge in [-0.05, 0) is 23.8 Å². The highest BCUT2D eigenvalue weighted by Crippen LogP contribution is 2.35. The summed E-state index contributed by atoms with van der Waals surface area (Å²) < 4.78 is 44.9. The number of hydrogen-bond donors (Lipinski definition) is 1. The highest BCUT2D eigenvalue weighted by Gasteiger charge is 2.33. The van der Waals surface area contributed by atoms with E-state index in [2.05, 4.69) is 15.6 Å². The maximum Gasteiger partial charge on any atom is 0.435 e. The highest BCUT2D eigenvalue weighted by molar-refractivity contribution is 6.04. The molecule has 9 heteroatoms. The fraction of sp³-hybridized carbons (Fsp3) is 0.190. The van der Waals surface area contributed by atoms with Gasteiger partial charge < -0.3 is 4.74 Å². The van der Waals surface area contributed by atoms with Crippen molar-refractivity contribution in [1.82, 2.24) is 15.2 Å². The molecule has 0 unspecified atom stereocenters. The number of para-hydroxylation sites is 1. The third-order valence-corrected chi connectivity index (χ3v) is 4.57. The van der Waals surface area contributed by atoms with Gasteiger partial charge in [0.15, 0.2) is 5.69 Å². The van der Waals surface area contributed by atoms with Crippen LogP contribution in [0.2, 0.25) is 0 Å². The molecule has 30 heavy (non-hydrogen) atoms. The Hall–Kier alpha value is -3.62. The van der Waals surface area contributed by atoms with E-state index in [9.17, 15) is 18.0 Å². The lowest BCUT2D eigenvalue weighted by Crippen LogP contribution is -2.28. The average molecular weight is 414 g/mol. The number of aromatic nitrogens is 2. The Morgan fingerprint density at radius 3 is 2.60 bits per heavy atom. The molecule has 1 atom stereocenters. The Balaban J connectivity index is 1.50. The van der Waals surface area contributed by atoms with Crippen molar-refractivity contribution in [3.63, 3.8) is 0 Å². The first kappa shape index (κ1) is 19.7. The van der Waals surface area contributed by atoms with Gasteiger partial charge in [0, 0.05) is 18.2 Å². The summed E-state index contributed by atoms with van der Waals surface area (Å²) in [4.78, 5) is 12.2. The number of amides is 1. The SMILES string of the molecule is O=C(Cn1ccc(C(F)(F)F)n1)NN=C1C[C@H](c2ccccc2)Oc2ccccc21. The fourth-order valence-corrected chi connectivity index (χ4v) is 3.16. The highest BCUT2D eigenvalue weighted by atomic mass is 19.4. The zero-order chi connectivity index (χ0) is 21.1. The molecule has 1 amide bonds. The largest absolute Gasteiger partial charge is 0.485 e. The molecule has 0 saturated carbocycles. The minimum Gasteiger partial charge on any atom is -0.485 e. The van der Waals surface area contributed by atoms with E-state index in [0.717, 1.165) is 28.1 Å². The Morgan fingerprint density at radius 1 is 1.13 bits per heavy atom. The summed E-state index contributed by atoms with van der Waals surface area (Å²) in [6.45, 7) is -0.382. The van der Waals surface area contributed by atoms with E-state index < -0.39 is 17.8 Å². The van der Waals surface area contributed by atoms with Crippen molar-refractivity contribution in [3.05, 3.63) is 83.7 Å². The van der Waals surface area contributed by atoms with Gasteiger partial charge in [0.2, 0.25) is 0 Å². The zero-order valence-corrected chi connectivity index (χ0v) is 15.6. The molecule has 4 rings (SSSR count). The molecule has 154 valence electrons. The van der Waals surface area contributed by atoms with Crippen LogP contribution in [-0.4, -0.2) is 21.4 Å². The van der Waals surface area contributed by atoms with Crippen LogP contribution in [0.25, 0.3) is 0 Å². The second-order valence-electron chi connectivity index (χ2n) is 6.71. The van der Waals surface area contributed by atoms with Crippen LogP contribution in [0.1, 0.15) is 29.3 Å². The molecule has 3 aromatic rings. The molecule has 0 radical (unpaired) electrons. The maximum atomic E-state index is 12.6. The number of nitrogens with zero attached hydrogens (tertiary/aromatic N) is 3. The number of alkyl halides is 3. The van der Waals surface area contributed by atoms with Gasteiger partial charge in [0.1, 0.15) is 18.4 Å². The van der Waals surface area contributed by atoms with Crippen LogP contribution in [0.3, 0.4) is 0 Å². The Labute approximate surface area is 170 Å². The summed E-state index contributed by atoms with van der Waals surface area (Å²) >= 11 is 0. The lowest BCUT2D eigenvalue weighted by molar-refractivity contribution is -0.141. The van der Waals surface area contributed by atoms with Crippen molar-refractivity contribution in [2.24, 2.45) is 5.10 Å². The van der Waals surface area contributed by atoms with E-state index in [1.54, 1.807) is 0 Å². The Bertz CT molecular complexity index is 1080. The van der Waals surface area contributed by atoms with Gasteiger partial charge in [0.25, 0.3) is 5.91 Å². The van der Waals surface area contributed by atoms with Gasteiger partial charge >= 0.3 is 6.18 Å². The summed E-state index contributed by atoms with van der Waals surface area (Å²) in [5, 5.41) is 7.59. The lowest BCUT2D eigenvalue weighted by atomic mass is 9.96. The monoisotopic (exact) mass is 414 g/mol. The third-order valence-electron chi connectivity index (χ3n) is 4.57. The molecule has 1 aromatic heterocycles. The quantitative estimate of drug-likeness (QED) is 0.658. The predicted molar refractivity (Wildman–Crippen MR) is 103 cm³/mol. The minimum atomic E-state index is -4.56. The van der Waals surface area contributed by atoms with Crippen LogP contribution in [0.5, 0.6) is 5.75 Å². The van der Waals surface area contributed by atoms with Gasteiger partial charge in [-0.15, -0.1) is 0 Å². The van der Waals surface area contributed by atoms with E-state index >= 15 is 0 Å². The predicted octanol–water partition coefficient (Wildman–Crippen LogP) is 3.95. The maximum absolute atomic E-state index is 12.6. The van der Waals surface area contributed by atoms with Gasteiger partial charge in [0.05, 0.1) is 5.71 Å². The van der Waals surface area contributed by atoms with Crippen LogP contribution in [-0.2, 0) is 17.5 Å². The first-order valence-electron chi connectivity index (χ1n) is 9.17. The summed E-state index contributed by atoms with van der Waals surface area (Å²) in [5.41, 5.74) is 3.71. The molecule has 1 N–H and O–H groups in total. The van der Waals surface area contributed by atoms with E-state index in [1.807, 2.05) is 54.6 Å². The number of nitrogens with one attached hydrogen (secondary N) is 1. The molecule has 0 spiro atoms. The fourth-order valence-electron chi connectivity index (χ4n) is 3.16. The van der Waals surface area contributed by atoms with E-state index in [-0.39, 0.29) is 12.6 Å². The van der Waals surface area contributed by atoms with Crippen LogP contribution in [0, 0.1) is 0 Å². The lowest BCUT2D eigenvalue weighted by Gasteiger charge is -2.27. The van der Waals surface area contributed by atoms with Gasteiger partial charge in [-0.2, -0.15) is 23.4 Å². The zero-order valence-electron chi connectivity index (χ0n) is 15.6. The summed E-state index contributed by atoms with van der Waals surface area (Å²) in [6, 6.07) is 17.8. The molecule has 1 aliphatic heterocycles. The van der Waals surface area contributed by atoms with Crippen LogP contribution in [0.4, 0.5) is 13.2 Å². The van der Waals surface area contributed by atoms with Crippen LogP contribution >= 0.6 is 0 Å². The topological polar surface area (TPSA) is 68.5 Å². The van der Waals surface area contributed by atoms with E-state index in [4.69, 9.17) is 4.74 Å². The Kier molecular flexibility index (Phi) is 5.26. The second-order valence-corrected chi connectivity index (χ2v) is 6.71. The number of carbonyl (C=O) groups excluding carboxylic acids is 1. The molecule has 2 heterocycles. The van der Waals surface area contributed by atoms with Crippen molar-refractivity contribution in [3.8, 4) is 5.75 Å². The van der Waals surface area contributed by atoms with Crippen molar-refractivity contribution in [2.45, 2.75) is 25.2 Å². The molecule has 0 saturated heterocycles. The normalized spacial score (nSPS) is 17.3. The van der Waals surface area contributed by atoms with E-state index in [0.29, 0.717) is 17.9 Å². The number of rotatable bonds is 4. The number of carbonyl (C=O) groups is 1. The molecule has 6 nitrogen and oxygen atoms in total. The summed E-state index contributed by atoms with van der Waals surface area (Å²) in [5.74, 6) is 0.0621. The summed E-state index contributed by atoms with van der Waals surface area (Å²) in [7, 11) is 0. The molecule has 1 aliphatic rings. The van der Waals surface area contributed by atoms with Crippen molar-refractivity contribution >= 4 is 11.6 Å². The summed E-state index contributed by atoms with van der Waals surface area (Å²) in [6.07, 6.45) is -3.29. The minimum absolute atomic E-state index is 0.266. The number of halogens is 3. The number of ether oxygens (including phenoxy) is 1. The second kappa shape index (κ2) is 8.02. The van der Waals surface area contributed by atoms with Crippen LogP contribution in [0.15, 0.2) is 72.0 Å². The van der Waals surface area contributed by atoms with Gasteiger partial charge in [-0.25, -0.2) is 5.43 Å². The number of fused-ring (bicyclic) bond motifs is 1. The molecule has 0 fully saturated rings. The molecule has 0 aliphatic carbocycles. The van der Waals surface area contributed by atoms with Crippen molar-refractivity contribution < 1.29 is 22.7 Å². The average Bonchev–Trinajstić information content (AvgIpc) is 3.21. The van der Waals surface area contributed by atoms with Gasteiger partial charge in [-0.3, -0.25) is 9.48 Å². The number of hydrogen-bond acceptors (Lipinski definition) is 4. The van der Waals surface area contributed by atoms with Crippen LogP contribution < -0.4 is 10.2 Å². The standard InChI is InChI=1S/C21H17F3N4O2/c22-21(23,24)19-10-11-28(27-19)13-20(29)26-25-16-12-18(14-6-2-1-3-7-14)30-17-9-5-4-8-15(16)17/h1-11,18H,12-13H2,(H,26,29)/t18-/m1/s1. The van der Waals surface area contributed by atoms with Crippen molar-refractivity contribution in [1.29, 1.82) is 0 Å². The molecule has 2 aromatic carbocycles. The van der Waals surface area contributed by atoms with Crippen molar-refractivity contribution in [2.75, 3.05) is 0 Å². The number of benzene rings is 2. The molecular formula is C21H17F3N4O2. The smallest absolute Gasteiger partial charge is 0.435 e. The first-order chi connectivity index (χ1) is 14.4.